The van der Waals surface area contributed by atoms with Crippen LogP contribution in [0.3, 0.4) is 0 Å². The summed E-state index contributed by atoms with van der Waals surface area (Å²) in [6, 6.07) is 16.8. The largest absolute Gasteiger partial charge is 0.373 e. The van der Waals surface area contributed by atoms with Crippen LogP contribution in [0.25, 0.3) is 22.3 Å². The van der Waals surface area contributed by atoms with Gasteiger partial charge in [0, 0.05) is 5.56 Å². The third-order valence-electron chi connectivity index (χ3n) is 6.52. The van der Waals surface area contributed by atoms with Gasteiger partial charge in [-0.15, -0.1) is 0 Å². The number of ether oxygens (including phenoxy) is 1. The van der Waals surface area contributed by atoms with Gasteiger partial charge in [0.1, 0.15) is 11.6 Å². The lowest BCUT2D eigenvalue weighted by Gasteiger charge is -2.29. The molecule has 1 heterocycles. The van der Waals surface area contributed by atoms with Gasteiger partial charge >= 0.3 is 0 Å². The Balaban J connectivity index is 1.52. The highest BCUT2D eigenvalue weighted by molar-refractivity contribution is 5.73. The van der Waals surface area contributed by atoms with Gasteiger partial charge in [-0.05, 0) is 78.5 Å². The zero-order valence-corrected chi connectivity index (χ0v) is 18.6. The maximum atomic E-state index is 15.0. The van der Waals surface area contributed by atoms with Crippen LogP contribution in [0.5, 0.6) is 0 Å². The van der Waals surface area contributed by atoms with E-state index in [9.17, 15) is 8.78 Å². The van der Waals surface area contributed by atoms with Crippen molar-refractivity contribution < 1.29 is 13.5 Å². The molecule has 1 nitrogen and oxygen atoms in total. The first-order valence-electron chi connectivity index (χ1n) is 11.3. The first-order chi connectivity index (χ1) is 15.0. The van der Waals surface area contributed by atoms with Crippen molar-refractivity contribution in [2.24, 2.45) is 5.92 Å². The highest BCUT2D eigenvalue weighted by Gasteiger charge is 2.23. The minimum Gasteiger partial charge on any atom is -0.373 e. The highest BCUT2D eigenvalue weighted by Crippen LogP contribution is 2.35. The first-order valence-corrected chi connectivity index (χ1v) is 11.3. The molecule has 0 saturated carbocycles. The number of halogens is 2. The molecule has 31 heavy (non-hydrogen) atoms. The van der Waals surface area contributed by atoms with Crippen LogP contribution >= 0.6 is 0 Å². The van der Waals surface area contributed by atoms with Crippen LogP contribution in [-0.2, 0) is 4.74 Å². The van der Waals surface area contributed by atoms with Crippen molar-refractivity contribution in [3.63, 3.8) is 0 Å². The van der Waals surface area contributed by atoms with Crippen molar-refractivity contribution >= 4 is 0 Å². The molecule has 0 radical (unpaired) electrons. The van der Waals surface area contributed by atoms with Crippen molar-refractivity contribution in [1.29, 1.82) is 0 Å². The molecule has 0 aliphatic carbocycles. The summed E-state index contributed by atoms with van der Waals surface area (Å²) in [7, 11) is 0. The molecule has 0 spiro atoms. The summed E-state index contributed by atoms with van der Waals surface area (Å²) in [5.74, 6) is 0.228. The van der Waals surface area contributed by atoms with Crippen LogP contribution in [-0.4, -0.2) is 6.61 Å². The normalized spacial score (nSPS) is 18.9. The second-order valence-electron chi connectivity index (χ2n) is 8.74. The Morgan fingerprint density at radius 3 is 2.16 bits per heavy atom. The lowest BCUT2D eigenvalue weighted by Crippen LogP contribution is -2.20. The van der Waals surface area contributed by atoms with Crippen LogP contribution in [0.1, 0.15) is 55.4 Å². The van der Waals surface area contributed by atoms with Crippen LogP contribution in [0.15, 0.2) is 54.6 Å². The molecule has 3 aromatic rings. The minimum absolute atomic E-state index is 0.0153. The van der Waals surface area contributed by atoms with Crippen molar-refractivity contribution in [2.75, 3.05) is 6.61 Å². The van der Waals surface area contributed by atoms with Gasteiger partial charge in [-0.1, -0.05) is 61.9 Å². The Morgan fingerprint density at radius 1 is 0.871 bits per heavy atom. The lowest BCUT2D eigenvalue weighted by molar-refractivity contribution is -0.0195. The molecule has 0 N–H and O–H groups in total. The van der Waals surface area contributed by atoms with E-state index in [-0.39, 0.29) is 17.7 Å². The molecule has 162 valence electrons. The summed E-state index contributed by atoms with van der Waals surface area (Å²) in [6.07, 6.45) is 4.45. The molecule has 1 aliphatic rings. The van der Waals surface area contributed by atoms with Gasteiger partial charge in [-0.3, -0.25) is 0 Å². The summed E-state index contributed by atoms with van der Waals surface area (Å²) in [5, 5.41) is 0. The molecule has 0 aromatic heterocycles. The quantitative estimate of drug-likeness (QED) is 0.404. The Hall–Kier alpha value is -2.52. The lowest BCUT2D eigenvalue weighted by atomic mass is 9.91. The van der Waals surface area contributed by atoms with Crippen molar-refractivity contribution in [3.05, 3.63) is 82.9 Å². The second kappa shape index (κ2) is 9.32. The van der Waals surface area contributed by atoms with E-state index in [1.807, 2.05) is 42.5 Å². The third-order valence-corrected chi connectivity index (χ3v) is 6.52. The fraction of sp³-hybridized carbons (Fsp3) is 0.357. The Labute approximate surface area is 184 Å². The molecular weight excluding hydrogens is 390 g/mol. The SMILES string of the molecule is CCCC1CCC(c2ccc(-c3ccc(-c4ccc(C)c(F)c4C)cc3)c(F)c2)OC1. The van der Waals surface area contributed by atoms with E-state index in [1.165, 1.54) is 12.8 Å². The maximum Gasteiger partial charge on any atom is 0.131 e. The average Bonchev–Trinajstić information content (AvgIpc) is 2.79. The Bertz CT molecular complexity index is 1050. The summed E-state index contributed by atoms with van der Waals surface area (Å²) in [5.41, 5.74) is 5.36. The van der Waals surface area contributed by atoms with Crippen LogP contribution in [0.2, 0.25) is 0 Å². The van der Waals surface area contributed by atoms with Gasteiger partial charge in [0.2, 0.25) is 0 Å². The van der Waals surface area contributed by atoms with Gasteiger partial charge in [-0.2, -0.15) is 0 Å². The monoisotopic (exact) mass is 420 g/mol. The molecule has 3 heteroatoms. The predicted octanol–water partition coefficient (Wildman–Crippen LogP) is 8.18. The summed E-state index contributed by atoms with van der Waals surface area (Å²) in [4.78, 5) is 0. The third kappa shape index (κ3) is 4.57. The number of hydrogen-bond donors (Lipinski definition) is 0. The van der Waals surface area contributed by atoms with E-state index >= 15 is 0 Å². The summed E-state index contributed by atoms with van der Waals surface area (Å²) >= 11 is 0. The van der Waals surface area contributed by atoms with E-state index in [4.69, 9.17) is 4.74 Å². The molecule has 4 rings (SSSR count). The Morgan fingerprint density at radius 2 is 1.55 bits per heavy atom. The van der Waals surface area contributed by atoms with Gasteiger partial charge in [0.05, 0.1) is 12.7 Å². The minimum atomic E-state index is -0.234. The summed E-state index contributed by atoms with van der Waals surface area (Å²) < 4.78 is 35.3. The van der Waals surface area contributed by atoms with Crippen molar-refractivity contribution in [2.45, 2.75) is 52.6 Å². The second-order valence-corrected chi connectivity index (χ2v) is 8.74. The van der Waals surface area contributed by atoms with E-state index < -0.39 is 0 Å². The smallest absolute Gasteiger partial charge is 0.131 e. The molecule has 0 bridgehead atoms. The zero-order valence-electron chi connectivity index (χ0n) is 18.6. The number of hydrogen-bond acceptors (Lipinski definition) is 1. The molecule has 0 amide bonds. The van der Waals surface area contributed by atoms with Gasteiger partial charge in [0.15, 0.2) is 0 Å². The summed E-state index contributed by atoms with van der Waals surface area (Å²) in [6.45, 7) is 6.53. The predicted molar refractivity (Wildman–Crippen MR) is 123 cm³/mol. The molecule has 1 aliphatic heterocycles. The molecule has 1 saturated heterocycles. The number of rotatable bonds is 5. The average molecular weight is 421 g/mol. The number of aryl methyl sites for hydroxylation is 1. The van der Waals surface area contributed by atoms with E-state index in [1.54, 1.807) is 26.0 Å². The van der Waals surface area contributed by atoms with E-state index in [2.05, 4.69) is 6.92 Å². The van der Waals surface area contributed by atoms with Crippen LogP contribution in [0, 0.1) is 31.4 Å². The fourth-order valence-electron chi connectivity index (χ4n) is 4.63. The molecule has 3 aromatic carbocycles. The van der Waals surface area contributed by atoms with Crippen molar-refractivity contribution in [3.8, 4) is 22.3 Å². The maximum absolute atomic E-state index is 15.0. The van der Waals surface area contributed by atoms with Gasteiger partial charge in [0.25, 0.3) is 0 Å². The topological polar surface area (TPSA) is 9.23 Å². The van der Waals surface area contributed by atoms with Gasteiger partial charge in [-0.25, -0.2) is 8.78 Å². The van der Waals surface area contributed by atoms with E-state index in [0.29, 0.717) is 22.6 Å². The highest BCUT2D eigenvalue weighted by atomic mass is 19.1. The van der Waals surface area contributed by atoms with E-state index in [0.717, 1.165) is 41.7 Å². The van der Waals surface area contributed by atoms with Crippen LogP contribution < -0.4 is 0 Å². The molecule has 2 unspecified atom stereocenters. The fourth-order valence-corrected chi connectivity index (χ4v) is 4.63. The Kier molecular flexibility index (Phi) is 6.52. The standard InChI is InChI=1S/C28H30F2O/c1-4-5-20-7-15-27(31-17-20)23-12-14-25(26(29)16-23)22-10-8-21(9-11-22)24-13-6-18(2)28(30)19(24)3/h6,8-14,16,20,27H,4-5,7,15,17H2,1-3H3. The molecule has 2 atom stereocenters. The zero-order chi connectivity index (χ0) is 22.0. The van der Waals surface area contributed by atoms with Crippen molar-refractivity contribution in [1.82, 2.24) is 0 Å². The van der Waals surface area contributed by atoms with Gasteiger partial charge < -0.3 is 4.74 Å². The number of benzene rings is 3. The van der Waals surface area contributed by atoms with Crippen LogP contribution in [0.4, 0.5) is 8.78 Å². The first kappa shape index (κ1) is 21.7. The molecular formula is C28H30F2O. The molecule has 1 fully saturated rings.